The Balaban J connectivity index is 1.60. The molecule has 0 amide bonds. The highest BCUT2D eigenvalue weighted by molar-refractivity contribution is 7.86. The van der Waals surface area contributed by atoms with Gasteiger partial charge in [0.15, 0.2) is 0 Å². The number of alkyl halides is 2. The molecule has 2 aliphatic rings. The predicted molar refractivity (Wildman–Crippen MR) is 68.8 cm³/mol. The van der Waals surface area contributed by atoms with E-state index in [1.165, 1.54) is 0 Å². The van der Waals surface area contributed by atoms with Crippen molar-refractivity contribution in [1.29, 1.82) is 0 Å². The molecule has 6 nitrogen and oxygen atoms in total. The van der Waals surface area contributed by atoms with Crippen molar-refractivity contribution in [3.8, 4) is 0 Å². The molecule has 1 heterocycles. The highest BCUT2D eigenvalue weighted by Crippen LogP contribution is 2.28. The predicted octanol–water partition coefficient (Wildman–Crippen LogP) is 1.46. The van der Waals surface area contributed by atoms with Crippen molar-refractivity contribution in [2.45, 2.75) is 43.1 Å². The van der Waals surface area contributed by atoms with Gasteiger partial charge in [-0.15, -0.1) is 0 Å². The Kier molecular flexibility index (Phi) is 5.53. The van der Waals surface area contributed by atoms with Crippen LogP contribution >= 0.6 is 0 Å². The van der Waals surface area contributed by atoms with Gasteiger partial charge in [0, 0.05) is 6.61 Å². The molecule has 9 heteroatoms. The van der Waals surface area contributed by atoms with E-state index in [-0.39, 0.29) is 24.7 Å². The zero-order valence-corrected chi connectivity index (χ0v) is 12.4. The van der Waals surface area contributed by atoms with E-state index in [1.54, 1.807) is 0 Å². The first-order valence-electron chi connectivity index (χ1n) is 6.94. The number of hydrogen-bond acceptors (Lipinski definition) is 5. The molecular formula is C12H20F2O6S. The van der Waals surface area contributed by atoms with Crippen molar-refractivity contribution >= 4 is 10.1 Å². The van der Waals surface area contributed by atoms with Crippen molar-refractivity contribution in [2.24, 2.45) is 5.92 Å². The van der Waals surface area contributed by atoms with Gasteiger partial charge >= 0.3 is 15.4 Å². The van der Waals surface area contributed by atoms with E-state index in [9.17, 15) is 17.2 Å². The van der Waals surface area contributed by atoms with E-state index in [2.05, 4.69) is 0 Å². The molecule has 1 aliphatic heterocycles. The third-order valence-electron chi connectivity index (χ3n) is 3.72. The Labute approximate surface area is 122 Å². The number of rotatable bonds is 8. The van der Waals surface area contributed by atoms with Crippen molar-refractivity contribution in [3.05, 3.63) is 0 Å². The van der Waals surface area contributed by atoms with E-state index in [0.29, 0.717) is 6.61 Å². The molecule has 21 heavy (non-hydrogen) atoms. The number of epoxide rings is 1. The smallest absolute Gasteiger partial charge is 0.375 e. The molecule has 1 aliphatic carbocycles. The second-order valence-corrected chi connectivity index (χ2v) is 7.11. The van der Waals surface area contributed by atoms with Gasteiger partial charge < -0.3 is 14.2 Å². The zero-order valence-electron chi connectivity index (χ0n) is 11.5. The maximum absolute atomic E-state index is 12.9. The normalized spacial score (nSPS) is 30.3. The summed E-state index contributed by atoms with van der Waals surface area (Å²) in [5, 5.41) is -4.25. The van der Waals surface area contributed by atoms with E-state index < -0.39 is 22.0 Å². The van der Waals surface area contributed by atoms with Crippen LogP contribution in [0.25, 0.3) is 0 Å². The molecule has 0 aromatic rings. The van der Waals surface area contributed by atoms with Gasteiger partial charge in [-0.3, -0.25) is 4.55 Å². The van der Waals surface area contributed by atoms with Crippen LogP contribution in [0.1, 0.15) is 25.7 Å². The van der Waals surface area contributed by atoms with Crippen LogP contribution in [0.15, 0.2) is 0 Å². The molecule has 1 unspecified atom stereocenters. The van der Waals surface area contributed by atoms with Crippen LogP contribution < -0.4 is 0 Å². The van der Waals surface area contributed by atoms with Gasteiger partial charge in [-0.05, 0) is 31.6 Å². The number of ether oxygens (including phenoxy) is 3. The Bertz CT molecular complexity index is 429. The highest BCUT2D eigenvalue weighted by Gasteiger charge is 2.44. The van der Waals surface area contributed by atoms with Gasteiger partial charge in [0.05, 0.1) is 19.3 Å². The minimum Gasteiger partial charge on any atom is -0.375 e. The van der Waals surface area contributed by atoms with Gasteiger partial charge in [0.2, 0.25) is 0 Å². The van der Waals surface area contributed by atoms with Crippen LogP contribution in [0, 0.1) is 5.92 Å². The molecule has 1 atom stereocenters. The molecule has 2 fully saturated rings. The fourth-order valence-electron chi connectivity index (χ4n) is 2.29. The van der Waals surface area contributed by atoms with E-state index in [4.69, 9.17) is 18.8 Å². The lowest BCUT2D eigenvalue weighted by Crippen LogP contribution is -2.34. The summed E-state index contributed by atoms with van der Waals surface area (Å²) < 4.78 is 70.5. The summed E-state index contributed by atoms with van der Waals surface area (Å²) in [6.07, 6.45) is 3.63. The first-order valence-corrected chi connectivity index (χ1v) is 8.38. The molecule has 2 rings (SSSR count). The van der Waals surface area contributed by atoms with Crippen LogP contribution in [0.4, 0.5) is 8.78 Å². The van der Waals surface area contributed by atoms with Gasteiger partial charge in [-0.1, -0.05) is 0 Å². The van der Waals surface area contributed by atoms with Gasteiger partial charge in [0.1, 0.15) is 12.7 Å². The van der Waals surface area contributed by atoms with Crippen molar-refractivity contribution < 1.29 is 36.0 Å². The maximum Gasteiger partial charge on any atom is 0.392 e. The molecule has 0 aromatic carbocycles. The van der Waals surface area contributed by atoms with E-state index in [0.717, 1.165) is 32.3 Å². The SMILES string of the molecule is O=S(=O)(O)C(F)(F)COCC1CCC(OCC2CO2)CC1. The van der Waals surface area contributed by atoms with Crippen LogP contribution in [-0.4, -0.2) is 56.9 Å². The third-order valence-corrected chi connectivity index (χ3v) is 4.59. The molecule has 0 aromatic heterocycles. The fraction of sp³-hybridized carbons (Fsp3) is 1.00. The molecular weight excluding hydrogens is 310 g/mol. The highest BCUT2D eigenvalue weighted by atomic mass is 32.2. The standard InChI is InChI=1S/C12H20F2O6S/c13-12(14,21(15,16)17)8-18-5-9-1-3-10(4-2-9)19-6-11-7-20-11/h9-11H,1-8H2,(H,15,16,17). The van der Waals surface area contributed by atoms with Gasteiger partial charge in [0.25, 0.3) is 0 Å². The summed E-state index contributed by atoms with van der Waals surface area (Å²) in [7, 11) is -5.41. The maximum atomic E-state index is 12.9. The van der Waals surface area contributed by atoms with Crippen molar-refractivity contribution in [1.82, 2.24) is 0 Å². The van der Waals surface area contributed by atoms with Gasteiger partial charge in [-0.25, -0.2) is 0 Å². The van der Waals surface area contributed by atoms with E-state index in [1.807, 2.05) is 0 Å². The second-order valence-electron chi connectivity index (χ2n) is 5.56. The summed E-state index contributed by atoms with van der Waals surface area (Å²) in [5.74, 6) is 0.110. The Morgan fingerprint density at radius 2 is 1.81 bits per heavy atom. The summed E-state index contributed by atoms with van der Waals surface area (Å²) in [6, 6.07) is 0. The minimum atomic E-state index is -5.41. The quantitative estimate of drug-likeness (QED) is 0.536. The van der Waals surface area contributed by atoms with E-state index >= 15 is 0 Å². The van der Waals surface area contributed by atoms with Crippen molar-refractivity contribution in [3.63, 3.8) is 0 Å². The zero-order chi connectivity index (χ0) is 15.5. The molecule has 1 saturated heterocycles. The van der Waals surface area contributed by atoms with Crippen LogP contribution in [0.3, 0.4) is 0 Å². The minimum absolute atomic E-state index is 0.0591. The average Bonchev–Trinajstić information content (AvgIpc) is 3.20. The molecule has 0 bridgehead atoms. The molecule has 124 valence electrons. The van der Waals surface area contributed by atoms with Crippen LogP contribution in [0.5, 0.6) is 0 Å². The van der Waals surface area contributed by atoms with Crippen LogP contribution in [-0.2, 0) is 24.3 Å². The number of hydrogen-bond donors (Lipinski definition) is 1. The fourth-order valence-corrected chi connectivity index (χ4v) is 2.52. The summed E-state index contributed by atoms with van der Waals surface area (Å²) >= 11 is 0. The van der Waals surface area contributed by atoms with Gasteiger partial charge in [-0.2, -0.15) is 17.2 Å². The Hall–Kier alpha value is -0.350. The van der Waals surface area contributed by atoms with Crippen molar-refractivity contribution in [2.75, 3.05) is 26.4 Å². The second kappa shape index (κ2) is 6.82. The lowest BCUT2D eigenvalue weighted by atomic mass is 9.88. The number of halogens is 2. The summed E-state index contributed by atoms with van der Waals surface area (Å²) in [4.78, 5) is 0. The lowest BCUT2D eigenvalue weighted by Gasteiger charge is -2.28. The topological polar surface area (TPSA) is 85.4 Å². The molecule has 1 saturated carbocycles. The third kappa shape index (κ3) is 5.41. The first kappa shape index (κ1) is 17.0. The largest absolute Gasteiger partial charge is 0.392 e. The summed E-state index contributed by atoms with van der Waals surface area (Å²) in [6.45, 7) is 0.0996. The average molecular weight is 330 g/mol. The Morgan fingerprint density at radius 3 is 2.33 bits per heavy atom. The molecule has 0 radical (unpaired) electrons. The summed E-state index contributed by atoms with van der Waals surface area (Å²) in [5.41, 5.74) is 0. The van der Waals surface area contributed by atoms with Crippen LogP contribution in [0.2, 0.25) is 0 Å². The molecule has 1 N–H and O–H groups in total. The molecule has 0 spiro atoms. The lowest BCUT2D eigenvalue weighted by molar-refractivity contribution is -0.0433. The first-order chi connectivity index (χ1) is 9.78. The monoisotopic (exact) mass is 330 g/mol. The Morgan fingerprint density at radius 1 is 1.19 bits per heavy atom.